The van der Waals surface area contributed by atoms with Crippen LogP contribution in [0.2, 0.25) is 0 Å². The Hall–Kier alpha value is -4.10. The number of aryl methyl sites for hydroxylation is 1. The van der Waals surface area contributed by atoms with E-state index in [0.29, 0.717) is 31.4 Å². The molecule has 7 heteroatoms. The number of benzene rings is 3. The summed E-state index contributed by atoms with van der Waals surface area (Å²) in [5, 5.41) is 0. The fraction of sp³-hybridized carbons (Fsp3) is 0.214. The van der Waals surface area contributed by atoms with Crippen molar-refractivity contribution in [1.82, 2.24) is 14.5 Å². The Morgan fingerprint density at radius 3 is 2.29 bits per heavy atom. The van der Waals surface area contributed by atoms with Gasteiger partial charge in [-0.3, -0.25) is 19.2 Å². The van der Waals surface area contributed by atoms with Gasteiger partial charge in [-0.25, -0.2) is 4.98 Å². The Morgan fingerprint density at radius 1 is 0.857 bits per heavy atom. The van der Waals surface area contributed by atoms with Gasteiger partial charge in [0, 0.05) is 29.1 Å². The number of hydrogen-bond acceptors (Lipinski definition) is 6. The Morgan fingerprint density at radius 2 is 1.54 bits per heavy atom. The highest BCUT2D eigenvalue weighted by atomic mass is 16.5. The predicted octanol–water partition coefficient (Wildman–Crippen LogP) is 5.23. The van der Waals surface area contributed by atoms with Gasteiger partial charge in [-0.1, -0.05) is 36.4 Å². The average Bonchev–Trinajstić information content (AvgIpc) is 2.89. The fourth-order valence-electron chi connectivity index (χ4n) is 4.27. The molecular formula is C28H28N4O3. The maximum Gasteiger partial charge on any atom is 0.259 e. The first-order chi connectivity index (χ1) is 17.0. The first kappa shape index (κ1) is 22.7. The summed E-state index contributed by atoms with van der Waals surface area (Å²) in [5.74, 6) is 3.00. The van der Waals surface area contributed by atoms with Crippen molar-refractivity contribution < 1.29 is 9.47 Å². The Kier molecular flexibility index (Phi) is 6.25. The van der Waals surface area contributed by atoms with Crippen molar-refractivity contribution in [3.8, 4) is 17.2 Å². The zero-order valence-electron chi connectivity index (χ0n) is 20.1. The lowest BCUT2D eigenvalue weighted by atomic mass is 10.2. The third kappa shape index (κ3) is 4.63. The van der Waals surface area contributed by atoms with Gasteiger partial charge in [0.1, 0.15) is 17.2 Å². The minimum atomic E-state index is -0.0220. The summed E-state index contributed by atoms with van der Waals surface area (Å²) in [7, 11) is 1.68. The van der Waals surface area contributed by atoms with E-state index in [9.17, 15) is 4.79 Å². The molecule has 5 rings (SSSR count). The molecule has 0 aliphatic carbocycles. The summed E-state index contributed by atoms with van der Waals surface area (Å²) in [6.07, 6.45) is 0. The van der Waals surface area contributed by atoms with Gasteiger partial charge in [0.15, 0.2) is 0 Å². The summed E-state index contributed by atoms with van der Waals surface area (Å²) in [6, 6.07) is 25.5. The number of aromatic nitrogens is 2. The molecular weight excluding hydrogens is 440 g/mol. The Bertz CT molecular complexity index is 1380. The molecule has 0 atom stereocenters. The van der Waals surface area contributed by atoms with Gasteiger partial charge in [0.2, 0.25) is 5.95 Å². The zero-order chi connectivity index (χ0) is 24.4. The number of nitrogens with zero attached hydrogens (tertiary/aromatic N) is 4. The number of methoxy groups -OCH3 is 1. The van der Waals surface area contributed by atoms with E-state index in [2.05, 4.69) is 15.9 Å². The summed E-state index contributed by atoms with van der Waals surface area (Å²) in [6.45, 7) is 5.37. The van der Waals surface area contributed by atoms with E-state index in [1.807, 2.05) is 86.6 Å². The molecule has 0 bridgehead atoms. The molecule has 0 radical (unpaired) electrons. The molecule has 0 unspecified atom stereocenters. The van der Waals surface area contributed by atoms with Gasteiger partial charge in [-0.15, -0.1) is 0 Å². The molecule has 1 aliphatic rings. The SMILES string of the molecule is COc1ccccc1CN1CN(c2ccc(Oc3ccccc3)cc2)c2nc(C)c(C)c(=O)n2C1. The van der Waals surface area contributed by atoms with Crippen LogP contribution in [-0.2, 0) is 13.2 Å². The van der Waals surface area contributed by atoms with Crippen LogP contribution in [0.3, 0.4) is 0 Å². The topological polar surface area (TPSA) is 59.8 Å². The van der Waals surface area contributed by atoms with Crippen LogP contribution in [0.15, 0.2) is 83.7 Å². The first-order valence-electron chi connectivity index (χ1n) is 11.6. The molecule has 178 valence electrons. The van der Waals surface area contributed by atoms with Crippen molar-refractivity contribution in [2.45, 2.75) is 27.1 Å². The zero-order valence-corrected chi connectivity index (χ0v) is 20.1. The lowest BCUT2D eigenvalue weighted by Crippen LogP contribution is -2.47. The van der Waals surface area contributed by atoms with Gasteiger partial charge < -0.3 is 9.47 Å². The van der Waals surface area contributed by atoms with E-state index in [1.54, 1.807) is 11.7 Å². The van der Waals surface area contributed by atoms with E-state index in [1.165, 1.54) is 0 Å². The van der Waals surface area contributed by atoms with Gasteiger partial charge in [-0.05, 0) is 56.3 Å². The quantitative estimate of drug-likeness (QED) is 0.386. The highest BCUT2D eigenvalue weighted by Gasteiger charge is 2.27. The number of fused-ring (bicyclic) bond motifs is 1. The van der Waals surface area contributed by atoms with Gasteiger partial charge in [0.05, 0.1) is 20.4 Å². The monoisotopic (exact) mass is 468 g/mol. The number of rotatable bonds is 6. The average molecular weight is 469 g/mol. The minimum absolute atomic E-state index is 0.0220. The molecule has 1 aliphatic heterocycles. The fourth-order valence-corrected chi connectivity index (χ4v) is 4.27. The lowest BCUT2D eigenvalue weighted by Gasteiger charge is -2.38. The highest BCUT2D eigenvalue weighted by Crippen LogP contribution is 2.31. The van der Waals surface area contributed by atoms with Crippen LogP contribution in [0.25, 0.3) is 0 Å². The summed E-state index contributed by atoms with van der Waals surface area (Å²) in [4.78, 5) is 22.3. The second-order valence-electron chi connectivity index (χ2n) is 8.62. The smallest absolute Gasteiger partial charge is 0.259 e. The van der Waals surface area contributed by atoms with Crippen LogP contribution in [0.1, 0.15) is 16.8 Å². The summed E-state index contributed by atoms with van der Waals surface area (Å²) >= 11 is 0. The van der Waals surface area contributed by atoms with E-state index in [0.717, 1.165) is 34.2 Å². The van der Waals surface area contributed by atoms with Crippen LogP contribution < -0.4 is 19.9 Å². The van der Waals surface area contributed by atoms with E-state index in [-0.39, 0.29) is 5.56 Å². The second kappa shape index (κ2) is 9.64. The van der Waals surface area contributed by atoms with E-state index in [4.69, 9.17) is 14.5 Å². The summed E-state index contributed by atoms with van der Waals surface area (Å²) < 4.78 is 13.3. The van der Waals surface area contributed by atoms with Crippen molar-refractivity contribution in [2.24, 2.45) is 0 Å². The molecule has 7 nitrogen and oxygen atoms in total. The standard InChI is InChI=1S/C28H28N4O3/c1-20-21(2)29-28-31(23-13-15-25(16-14-23)35-24-10-5-4-6-11-24)18-30(19-32(28)27(20)33)17-22-9-7-8-12-26(22)34-3/h4-16H,17-19H2,1-3H3. The first-order valence-corrected chi connectivity index (χ1v) is 11.6. The number of para-hydroxylation sites is 2. The lowest BCUT2D eigenvalue weighted by molar-refractivity contribution is 0.187. The molecule has 3 aromatic carbocycles. The largest absolute Gasteiger partial charge is 0.496 e. The molecule has 35 heavy (non-hydrogen) atoms. The molecule has 0 saturated heterocycles. The van der Waals surface area contributed by atoms with Crippen molar-refractivity contribution in [3.63, 3.8) is 0 Å². The van der Waals surface area contributed by atoms with Gasteiger partial charge in [-0.2, -0.15) is 0 Å². The molecule has 0 spiro atoms. The molecule has 0 saturated carbocycles. The maximum atomic E-state index is 13.2. The number of ether oxygens (including phenoxy) is 2. The molecule has 2 heterocycles. The van der Waals surface area contributed by atoms with Crippen molar-refractivity contribution in [2.75, 3.05) is 18.7 Å². The van der Waals surface area contributed by atoms with Crippen LogP contribution in [0.4, 0.5) is 11.6 Å². The number of hydrogen-bond donors (Lipinski definition) is 0. The third-order valence-electron chi connectivity index (χ3n) is 6.26. The highest BCUT2D eigenvalue weighted by molar-refractivity contribution is 5.59. The van der Waals surface area contributed by atoms with Gasteiger partial charge in [0.25, 0.3) is 5.56 Å². The van der Waals surface area contributed by atoms with E-state index < -0.39 is 0 Å². The number of anilines is 2. The van der Waals surface area contributed by atoms with Crippen molar-refractivity contribution in [1.29, 1.82) is 0 Å². The Balaban J connectivity index is 1.48. The van der Waals surface area contributed by atoms with Crippen molar-refractivity contribution >= 4 is 11.6 Å². The van der Waals surface area contributed by atoms with Crippen LogP contribution in [0.5, 0.6) is 17.2 Å². The van der Waals surface area contributed by atoms with Gasteiger partial charge >= 0.3 is 0 Å². The maximum absolute atomic E-state index is 13.2. The summed E-state index contributed by atoms with van der Waals surface area (Å²) in [5.41, 5.74) is 3.38. The molecule has 1 aromatic heterocycles. The minimum Gasteiger partial charge on any atom is -0.496 e. The molecule has 4 aromatic rings. The normalized spacial score (nSPS) is 13.4. The second-order valence-corrected chi connectivity index (χ2v) is 8.62. The van der Waals surface area contributed by atoms with Crippen LogP contribution in [0, 0.1) is 13.8 Å². The van der Waals surface area contributed by atoms with Crippen LogP contribution >= 0.6 is 0 Å². The molecule has 0 amide bonds. The third-order valence-corrected chi connectivity index (χ3v) is 6.26. The molecule has 0 fully saturated rings. The Labute approximate surface area is 204 Å². The molecule has 0 N–H and O–H groups in total. The van der Waals surface area contributed by atoms with Crippen LogP contribution in [-0.4, -0.2) is 28.2 Å². The van der Waals surface area contributed by atoms with Crippen molar-refractivity contribution in [3.05, 3.63) is 106 Å². The van der Waals surface area contributed by atoms with E-state index >= 15 is 0 Å². The predicted molar refractivity (Wildman–Crippen MR) is 136 cm³/mol.